The SMILES string of the molecule is CC(C)(C)n1nc(F)c(C(F)F)c1F. The molecule has 2 nitrogen and oxygen atoms in total. The van der Waals surface area contributed by atoms with E-state index in [4.69, 9.17) is 0 Å². The zero-order chi connectivity index (χ0) is 11.1. The Morgan fingerprint density at radius 3 is 1.93 bits per heavy atom. The summed E-state index contributed by atoms with van der Waals surface area (Å²) >= 11 is 0. The predicted octanol–water partition coefficient (Wildman–Crippen LogP) is 2.85. The van der Waals surface area contributed by atoms with Crippen LogP contribution in [0.25, 0.3) is 0 Å². The Morgan fingerprint density at radius 1 is 1.21 bits per heavy atom. The number of aromatic nitrogens is 2. The van der Waals surface area contributed by atoms with Gasteiger partial charge in [-0.1, -0.05) is 0 Å². The van der Waals surface area contributed by atoms with Gasteiger partial charge in [-0.15, -0.1) is 5.10 Å². The first-order valence-corrected chi connectivity index (χ1v) is 3.97. The van der Waals surface area contributed by atoms with Crippen LogP contribution in [0, 0.1) is 11.9 Å². The van der Waals surface area contributed by atoms with Crippen molar-refractivity contribution >= 4 is 0 Å². The van der Waals surface area contributed by atoms with Crippen molar-refractivity contribution in [2.75, 3.05) is 0 Å². The fourth-order valence-corrected chi connectivity index (χ4v) is 1.01. The first kappa shape index (κ1) is 11.0. The smallest absolute Gasteiger partial charge is 0.231 e. The van der Waals surface area contributed by atoms with E-state index in [1.165, 1.54) is 20.8 Å². The third-order valence-electron chi connectivity index (χ3n) is 1.67. The second-order valence-electron chi connectivity index (χ2n) is 3.88. The second kappa shape index (κ2) is 3.25. The van der Waals surface area contributed by atoms with E-state index < -0.39 is 29.4 Å². The maximum absolute atomic E-state index is 13.2. The van der Waals surface area contributed by atoms with Crippen molar-refractivity contribution in [3.8, 4) is 0 Å². The molecule has 80 valence electrons. The van der Waals surface area contributed by atoms with Crippen molar-refractivity contribution in [2.45, 2.75) is 32.7 Å². The van der Waals surface area contributed by atoms with E-state index in [0.29, 0.717) is 4.68 Å². The van der Waals surface area contributed by atoms with Gasteiger partial charge in [0.25, 0.3) is 6.43 Å². The number of alkyl halides is 2. The summed E-state index contributed by atoms with van der Waals surface area (Å²) in [6, 6.07) is 0. The Bertz CT molecular complexity index is 338. The fraction of sp³-hybridized carbons (Fsp3) is 0.625. The maximum atomic E-state index is 13.2. The summed E-state index contributed by atoms with van der Waals surface area (Å²) < 4.78 is 50.9. The number of hydrogen-bond donors (Lipinski definition) is 0. The van der Waals surface area contributed by atoms with Gasteiger partial charge in [-0.3, -0.25) is 0 Å². The highest BCUT2D eigenvalue weighted by molar-refractivity contribution is 5.11. The number of rotatable bonds is 1. The van der Waals surface area contributed by atoms with Crippen LogP contribution in [0.3, 0.4) is 0 Å². The van der Waals surface area contributed by atoms with Crippen LogP contribution in [-0.2, 0) is 5.54 Å². The molecule has 6 heteroatoms. The lowest BCUT2D eigenvalue weighted by Crippen LogP contribution is -2.25. The van der Waals surface area contributed by atoms with E-state index in [-0.39, 0.29) is 0 Å². The normalized spacial score (nSPS) is 12.6. The second-order valence-corrected chi connectivity index (χ2v) is 3.88. The van der Waals surface area contributed by atoms with Crippen LogP contribution in [0.15, 0.2) is 0 Å². The molecule has 0 spiro atoms. The molecule has 1 aromatic heterocycles. The average Bonchev–Trinajstić information content (AvgIpc) is 2.24. The number of nitrogens with zero attached hydrogens (tertiary/aromatic N) is 2. The molecule has 0 radical (unpaired) electrons. The molecule has 0 saturated carbocycles. The van der Waals surface area contributed by atoms with Gasteiger partial charge in [0.1, 0.15) is 5.56 Å². The van der Waals surface area contributed by atoms with Gasteiger partial charge in [0.15, 0.2) is 0 Å². The van der Waals surface area contributed by atoms with E-state index in [0.717, 1.165) is 0 Å². The highest BCUT2D eigenvalue weighted by atomic mass is 19.3. The number of halogens is 4. The van der Waals surface area contributed by atoms with E-state index in [2.05, 4.69) is 5.10 Å². The molecule has 0 aliphatic carbocycles. The minimum Gasteiger partial charge on any atom is -0.231 e. The molecule has 0 saturated heterocycles. The molecule has 0 aliphatic rings. The van der Waals surface area contributed by atoms with Crippen molar-refractivity contribution in [1.82, 2.24) is 9.78 Å². The highest BCUT2D eigenvalue weighted by Crippen LogP contribution is 2.27. The molecule has 0 N–H and O–H groups in total. The van der Waals surface area contributed by atoms with Gasteiger partial charge in [0.2, 0.25) is 11.9 Å². The van der Waals surface area contributed by atoms with E-state index in [1.54, 1.807) is 0 Å². The molecule has 0 bridgehead atoms. The summed E-state index contributed by atoms with van der Waals surface area (Å²) in [6.45, 7) is 4.62. The summed E-state index contributed by atoms with van der Waals surface area (Å²) in [5, 5.41) is 3.10. The minimum absolute atomic E-state index is 0.615. The van der Waals surface area contributed by atoms with Crippen molar-refractivity contribution in [2.24, 2.45) is 0 Å². The zero-order valence-corrected chi connectivity index (χ0v) is 7.98. The molecule has 1 rings (SSSR count). The van der Waals surface area contributed by atoms with Gasteiger partial charge in [0.05, 0.1) is 5.54 Å². The molecule has 14 heavy (non-hydrogen) atoms. The average molecular weight is 210 g/mol. The summed E-state index contributed by atoms with van der Waals surface area (Å²) in [4.78, 5) is 0. The predicted molar refractivity (Wildman–Crippen MR) is 42.1 cm³/mol. The van der Waals surface area contributed by atoms with E-state index in [1.807, 2.05) is 0 Å². The third kappa shape index (κ3) is 1.73. The molecule has 0 fully saturated rings. The topological polar surface area (TPSA) is 17.8 Å². The Kier molecular flexibility index (Phi) is 2.56. The van der Waals surface area contributed by atoms with Crippen LogP contribution in [0.5, 0.6) is 0 Å². The largest absolute Gasteiger partial charge is 0.272 e. The van der Waals surface area contributed by atoms with Gasteiger partial charge in [-0.05, 0) is 20.8 Å². The van der Waals surface area contributed by atoms with Crippen LogP contribution >= 0.6 is 0 Å². The van der Waals surface area contributed by atoms with Crippen molar-refractivity contribution in [3.05, 3.63) is 17.5 Å². The first-order valence-electron chi connectivity index (χ1n) is 3.97. The lowest BCUT2D eigenvalue weighted by atomic mass is 10.1. The standard InChI is InChI=1S/C8H10F4N2/c1-8(2,3)14-7(12)4(5(9)10)6(11)13-14/h5H,1-3H3. The van der Waals surface area contributed by atoms with Crippen LogP contribution in [0.1, 0.15) is 32.8 Å². The first-order chi connectivity index (χ1) is 6.25. The molecule has 0 aliphatic heterocycles. The van der Waals surface area contributed by atoms with Gasteiger partial charge in [-0.2, -0.15) is 8.78 Å². The van der Waals surface area contributed by atoms with Gasteiger partial charge >= 0.3 is 0 Å². The summed E-state index contributed by atoms with van der Waals surface area (Å²) in [7, 11) is 0. The quantitative estimate of drug-likeness (QED) is 0.651. The lowest BCUT2D eigenvalue weighted by molar-refractivity contribution is 0.139. The Balaban J connectivity index is 3.31. The van der Waals surface area contributed by atoms with Crippen molar-refractivity contribution in [1.29, 1.82) is 0 Å². The summed E-state index contributed by atoms with van der Waals surface area (Å²) in [5.74, 6) is -2.77. The Labute approximate surface area is 78.5 Å². The van der Waals surface area contributed by atoms with Crippen molar-refractivity contribution < 1.29 is 17.6 Å². The molecule has 0 aromatic carbocycles. The molecule has 0 amide bonds. The number of hydrogen-bond acceptors (Lipinski definition) is 1. The van der Waals surface area contributed by atoms with E-state index >= 15 is 0 Å². The molecular weight excluding hydrogens is 200 g/mol. The van der Waals surface area contributed by atoms with Crippen molar-refractivity contribution in [3.63, 3.8) is 0 Å². The Hall–Kier alpha value is -1.07. The van der Waals surface area contributed by atoms with Crippen LogP contribution in [-0.4, -0.2) is 9.78 Å². The Morgan fingerprint density at radius 2 is 1.71 bits per heavy atom. The fourth-order valence-electron chi connectivity index (χ4n) is 1.01. The summed E-state index contributed by atoms with van der Waals surface area (Å²) in [5.41, 5.74) is -2.13. The van der Waals surface area contributed by atoms with E-state index in [9.17, 15) is 17.6 Å². The molecule has 1 heterocycles. The summed E-state index contributed by atoms with van der Waals surface area (Å²) in [6.07, 6.45) is -3.19. The third-order valence-corrected chi connectivity index (χ3v) is 1.67. The van der Waals surface area contributed by atoms with Gasteiger partial charge in [-0.25, -0.2) is 13.5 Å². The van der Waals surface area contributed by atoms with Crippen LogP contribution in [0.2, 0.25) is 0 Å². The monoisotopic (exact) mass is 210 g/mol. The molecular formula is C8H10F4N2. The molecule has 1 aromatic rings. The lowest BCUT2D eigenvalue weighted by Gasteiger charge is -2.19. The van der Waals surface area contributed by atoms with Crippen LogP contribution in [0.4, 0.5) is 17.6 Å². The highest BCUT2D eigenvalue weighted by Gasteiger charge is 2.30. The van der Waals surface area contributed by atoms with Gasteiger partial charge in [0, 0.05) is 0 Å². The zero-order valence-electron chi connectivity index (χ0n) is 7.98. The van der Waals surface area contributed by atoms with Crippen LogP contribution < -0.4 is 0 Å². The minimum atomic E-state index is -3.19. The molecule has 0 unspecified atom stereocenters. The van der Waals surface area contributed by atoms with Gasteiger partial charge < -0.3 is 0 Å². The molecule has 0 atom stereocenters. The maximum Gasteiger partial charge on any atom is 0.272 e.